The molecule has 0 aromatic heterocycles. The molecule has 28 heavy (non-hydrogen) atoms. The molecule has 1 N–H and O–H groups in total. The van der Waals surface area contributed by atoms with Crippen LogP contribution >= 0.6 is 15.9 Å². The fraction of sp³-hybridized carbons (Fsp3) is 0.579. The number of halogens is 1. The van der Waals surface area contributed by atoms with E-state index in [4.69, 9.17) is 4.74 Å². The molecule has 7 nitrogen and oxygen atoms in total. The summed E-state index contributed by atoms with van der Waals surface area (Å²) in [5.41, 5.74) is -0.542. The Morgan fingerprint density at radius 2 is 1.89 bits per heavy atom. The molecule has 0 bridgehead atoms. The van der Waals surface area contributed by atoms with E-state index >= 15 is 0 Å². The minimum absolute atomic E-state index is 0.131. The van der Waals surface area contributed by atoms with Crippen LogP contribution in [0.5, 0.6) is 0 Å². The van der Waals surface area contributed by atoms with Crippen LogP contribution in [0.1, 0.15) is 33.6 Å². The quantitative estimate of drug-likeness (QED) is 0.707. The van der Waals surface area contributed by atoms with E-state index in [0.717, 1.165) is 0 Å². The maximum absolute atomic E-state index is 12.5. The first-order chi connectivity index (χ1) is 13.0. The van der Waals surface area contributed by atoms with Crippen molar-refractivity contribution < 1.29 is 22.7 Å². The SMILES string of the molecule is CC(C)(C)OC(=O)NCC1CCN(C(=O)CS(=O)(=O)c2cccc(Br)c2)CC1. The lowest BCUT2D eigenvalue weighted by atomic mass is 9.97. The van der Waals surface area contributed by atoms with Gasteiger partial charge in [-0.15, -0.1) is 0 Å². The molecule has 2 rings (SSSR count). The highest BCUT2D eigenvalue weighted by atomic mass is 79.9. The van der Waals surface area contributed by atoms with Crippen molar-refractivity contribution >= 4 is 37.8 Å². The molecule has 0 saturated carbocycles. The fourth-order valence-electron chi connectivity index (χ4n) is 2.93. The van der Waals surface area contributed by atoms with Crippen LogP contribution in [0.15, 0.2) is 33.6 Å². The second kappa shape index (κ2) is 9.26. The molecular weight excluding hydrogens is 448 g/mol. The third kappa shape index (κ3) is 7.09. The lowest BCUT2D eigenvalue weighted by Gasteiger charge is -2.32. The van der Waals surface area contributed by atoms with E-state index in [9.17, 15) is 18.0 Å². The molecule has 0 radical (unpaired) electrons. The predicted molar refractivity (Wildman–Crippen MR) is 110 cm³/mol. The van der Waals surface area contributed by atoms with Crippen molar-refractivity contribution in [2.75, 3.05) is 25.4 Å². The van der Waals surface area contributed by atoms with Gasteiger partial charge in [0.1, 0.15) is 11.4 Å². The van der Waals surface area contributed by atoms with Crippen molar-refractivity contribution in [3.63, 3.8) is 0 Å². The Kier molecular flexibility index (Phi) is 7.50. The Morgan fingerprint density at radius 1 is 1.25 bits per heavy atom. The number of alkyl carbamates (subject to hydrolysis) is 1. The van der Waals surface area contributed by atoms with Gasteiger partial charge < -0.3 is 15.0 Å². The van der Waals surface area contributed by atoms with E-state index in [1.165, 1.54) is 12.1 Å². The highest BCUT2D eigenvalue weighted by Gasteiger charge is 2.28. The normalized spacial score (nSPS) is 15.9. The molecule has 1 fully saturated rings. The van der Waals surface area contributed by atoms with Crippen LogP contribution < -0.4 is 5.32 Å². The summed E-state index contributed by atoms with van der Waals surface area (Å²) in [7, 11) is -3.68. The van der Waals surface area contributed by atoms with Gasteiger partial charge >= 0.3 is 6.09 Å². The molecule has 0 spiro atoms. The summed E-state index contributed by atoms with van der Waals surface area (Å²) in [5, 5.41) is 2.75. The van der Waals surface area contributed by atoms with Gasteiger partial charge in [-0.2, -0.15) is 0 Å². The van der Waals surface area contributed by atoms with E-state index in [-0.39, 0.29) is 10.8 Å². The number of carbonyl (C=O) groups excluding carboxylic acids is 2. The van der Waals surface area contributed by atoms with Crippen molar-refractivity contribution in [1.29, 1.82) is 0 Å². The molecule has 1 aromatic carbocycles. The van der Waals surface area contributed by atoms with Gasteiger partial charge in [0, 0.05) is 24.1 Å². The monoisotopic (exact) mass is 474 g/mol. The van der Waals surface area contributed by atoms with Crippen LogP contribution in [0.2, 0.25) is 0 Å². The average Bonchev–Trinajstić information content (AvgIpc) is 2.58. The summed E-state index contributed by atoms with van der Waals surface area (Å²) < 4.78 is 30.8. The molecular formula is C19H27BrN2O5S. The van der Waals surface area contributed by atoms with E-state index in [1.54, 1.807) is 37.8 Å². The topological polar surface area (TPSA) is 92.8 Å². The van der Waals surface area contributed by atoms with Crippen molar-refractivity contribution in [3.05, 3.63) is 28.7 Å². The maximum atomic E-state index is 12.5. The van der Waals surface area contributed by atoms with E-state index in [2.05, 4.69) is 21.2 Å². The lowest BCUT2D eigenvalue weighted by molar-refractivity contribution is -0.129. The Labute approximate surface area is 174 Å². The highest BCUT2D eigenvalue weighted by molar-refractivity contribution is 9.10. The van der Waals surface area contributed by atoms with Crippen molar-refractivity contribution in [3.8, 4) is 0 Å². The predicted octanol–water partition coefficient (Wildman–Crippen LogP) is 2.99. The molecule has 1 aliphatic rings. The summed E-state index contributed by atoms with van der Waals surface area (Å²) >= 11 is 3.25. The molecule has 0 atom stereocenters. The minimum Gasteiger partial charge on any atom is -0.444 e. The van der Waals surface area contributed by atoms with Gasteiger partial charge in [0.05, 0.1) is 4.90 Å². The molecule has 1 aromatic rings. The number of likely N-dealkylation sites (tertiary alicyclic amines) is 1. The Bertz CT molecular complexity index is 812. The Hall–Kier alpha value is -1.61. The highest BCUT2D eigenvalue weighted by Crippen LogP contribution is 2.20. The standard InChI is InChI=1S/C19H27BrN2O5S/c1-19(2,3)27-18(24)21-12-14-7-9-22(10-8-14)17(23)13-28(25,26)16-6-4-5-15(20)11-16/h4-6,11,14H,7-10,12-13H2,1-3H3,(H,21,24). The molecule has 1 aliphatic heterocycles. The smallest absolute Gasteiger partial charge is 0.407 e. The molecule has 0 aliphatic carbocycles. The molecule has 2 amide bonds. The maximum Gasteiger partial charge on any atom is 0.407 e. The number of amides is 2. The van der Waals surface area contributed by atoms with Crippen molar-refractivity contribution in [1.82, 2.24) is 10.2 Å². The largest absolute Gasteiger partial charge is 0.444 e. The number of hydrogen-bond donors (Lipinski definition) is 1. The van der Waals surface area contributed by atoms with Gasteiger partial charge in [-0.3, -0.25) is 4.79 Å². The number of rotatable bonds is 5. The van der Waals surface area contributed by atoms with Crippen LogP contribution in [0, 0.1) is 5.92 Å². The summed E-state index contributed by atoms with van der Waals surface area (Å²) in [4.78, 5) is 25.9. The number of carbonyl (C=O) groups is 2. The lowest BCUT2D eigenvalue weighted by Crippen LogP contribution is -2.44. The summed E-state index contributed by atoms with van der Waals surface area (Å²) in [6.45, 7) is 6.85. The fourth-order valence-corrected chi connectivity index (χ4v) is 4.74. The zero-order valence-corrected chi connectivity index (χ0v) is 18.8. The molecule has 156 valence electrons. The van der Waals surface area contributed by atoms with E-state index < -0.39 is 33.2 Å². The number of ether oxygens (including phenoxy) is 1. The van der Waals surface area contributed by atoms with Gasteiger partial charge in [0.2, 0.25) is 5.91 Å². The zero-order chi connectivity index (χ0) is 20.9. The van der Waals surface area contributed by atoms with Crippen LogP contribution in [-0.4, -0.2) is 56.3 Å². The third-order valence-corrected chi connectivity index (χ3v) is 6.46. The zero-order valence-electron chi connectivity index (χ0n) is 16.4. The summed E-state index contributed by atoms with van der Waals surface area (Å²) in [6, 6.07) is 6.35. The first-order valence-electron chi connectivity index (χ1n) is 9.19. The van der Waals surface area contributed by atoms with Gasteiger partial charge in [-0.05, 0) is 57.7 Å². The third-order valence-electron chi connectivity index (χ3n) is 4.37. The average molecular weight is 475 g/mol. The Morgan fingerprint density at radius 3 is 2.46 bits per heavy atom. The number of sulfone groups is 1. The number of piperidine rings is 1. The Balaban J connectivity index is 1.81. The summed E-state index contributed by atoms with van der Waals surface area (Å²) in [5.74, 6) is -0.693. The van der Waals surface area contributed by atoms with Gasteiger partial charge in [-0.25, -0.2) is 13.2 Å². The minimum atomic E-state index is -3.68. The van der Waals surface area contributed by atoms with Gasteiger partial charge in [0.15, 0.2) is 9.84 Å². The van der Waals surface area contributed by atoms with Gasteiger partial charge in [0.25, 0.3) is 0 Å². The van der Waals surface area contributed by atoms with E-state index in [0.29, 0.717) is 36.9 Å². The van der Waals surface area contributed by atoms with E-state index in [1.807, 2.05) is 0 Å². The second-order valence-electron chi connectivity index (χ2n) is 7.92. The number of nitrogens with one attached hydrogen (secondary N) is 1. The number of benzene rings is 1. The number of nitrogens with zero attached hydrogens (tertiary/aromatic N) is 1. The van der Waals surface area contributed by atoms with Crippen LogP contribution in [0.25, 0.3) is 0 Å². The van der Waals surface area contributed by atoms with Crippen LogP contribution in [0.4, 0.5) is 4.79 Å². The second-order valence-corrected chi connectivity index (χ2v) is 10.8. The van der Waals surface area contributed by atoms with Crippen molar-refractivity contribution in [2.45, 2.75) is 44.1 Å². The summed E-state index contributed by atoms with van der Waals surface area (Å²) in [6.07, 6.45) is 0.961. The molecule has 9 heteroatoms. The van der Waals surface area contributed by atoms with Crippen molar-refractivity contribution in [2.24, 2.45) is 5.92 Å². The van der Waals surface area contributed by atoms with Gasteiger partial charge in [-0.1, -0.05) is 22.0 Å². The molecule has 1 heterocycles. The first-order valence-corrected chi connectivity index (χ1v) is 11.6. The first kappa shape index (κ1) is 22.7. The molecule has 1 saturated heterocycles. The van der Waals surface area contributed by atoms with Crippen LogP contribution in [0.3, 0.4) is 0 Å². The molecule has 0 unspecified atom stereocenters. The van der Waals surface area contributed by atoms with Crippen LogP contribution in [-0.2, 0) is 19.4 Å². The number of hydrogen-bond acceptors (Lipinski definition) is 5.